The van der Waals surface area contributed by atoms with Crippen LogP contribution >= 0.6 is 23.5 Å². The zero-order chi connectivity index (χ0) is 22.6. The van der Waals surface area contributed by atoms with E-state index in [2.05, 4.69) is 24.3 Å². The monoisotopic (exact) mass is 474 g/mol. The highest BCUT2D eigenvalue weighted by atomic mass is 32.2. The highest BCUT2D eigenvalue weighted by Gasteiger charge is 2.18. The molecule has 164 valence electrons. The number of rotatable bonds is 7. The van der Waals surface area contributed by atoms with E-state index in [9.17, 15) is 4.79 Å². The maximum Gasteiger partial charge on any atom is 0.234 e. The maximum atomic E-state index is 12.7. The summed E-state index contributed by atoms with van der Waals surface area (Å²) in [7, 11) is 1.63. The highest BCUT2D eigenvalue weighted by molar-refractivity contribution is 7.99. The third-order valence-electron chi connectivity index (χ3n) is 4.87. The molecule has 0 fully saturated rings. The van der Waals surface area contributed by atoms with Crippen LogP contribution in [0.1, 0.15) is 0 Å². The molecule has 1 N–H and O–H groups in total. The lowest BCUT2D eigenvalue weighted by atomic mass is 10.2. The first kappa shape index (κ1) is 21.1. The van der Waals surface area contributed by atoms with Crippen molar-refractivity contribution in [2.75, 3.05) is 18.2 Å². The predicted molar refractivity (Wildman–Crippen MR) is 130 cm³/mol. The van der Waals surface area contributed by atoms with Crippen molar-refractivity contribution in [3.8, 4) is 22.8 Å². The van der Waals surface area contributed by atoms with E-state index in [0.717, 1.165) is 34.2 Å². The molecule has 0 unspecified atom stereocenters. The number of methoxy groups -OCH3 is 1. The van der Waals surface area contributed by atoms with Crippen LogP contribution in [0.25, 0.3) is 28.1 Å². The Hall–Kier alpha value is -3.76. The van der Waals surface area contributed by atoms with Gasteiger partial charge in [-0.1, -0.05) is 48.2 Å². The van der Waals surface area contributed by atoms with Crippen LogP contribution in [-0.4, -0.2) is 42.3 Å². The van der Waals surface area contributed by atoms with E-state index in [-0.39, 0.29) is 11.7 Å². The predicted octanol–water partition coefficient (Wildman–Crippen LogP) is 4.68. The number of carbonyl (C=O) groups excluding carboxylic acids is 1. The molecule has 1 amide bonds. The molecule has 33 heavy (non-hydrogen) atoms. The van der Waals surface area contributed by atoms with Crippen LogP contribution in [-0.2, 0) is 4.79 Å². The molecule has 0 spiro atoms. The van der Waals surface area contributed by atoms with Crippen LogP contribution < -0.4 is 10.1 Å². The number of amides is 1. The molecule has 0 atom stereocenters. The zero-order valence-electron chi connectivity index (χ0n) is 17.5. The molecule has 2 heterocycles. The van der Waals surface area contributed by atoms with Crippen molar-refractivity contribution in [1.82, 2.24) is 23.5 Å². The fourth-order valence-corrected chi connectivity index (χ4v) is 4.65. The Morgan fingerprint density at radius 3 is 2.73 bits per heavy atom. The summed E-state index contributed by atoms with van der Waals surface area (Å²) >= 11 is 2.43. The first-order valence-corrected chi connectivity index (χ1v) is 11.7. The van der Waals surface area contributed by atoms with Gasteiger partial charge in [0.1, 0.15) is 16.8 Å². The van der Waals surface area contributed by atoms with Crippen LogP contribution in [0.15, 0.2) is 78.0 Å². The third kappa shape index (κ3) is 4.43. The average Bonchev–Trinajstić information content (AvgIpc) is 3.51. The average molecular weight is 475 g/mol. The van der Waals surface area contributed by atoms with E-state index in [1.165, 1.54) is 11.8 Å². The van der Waals surface area contributed by atoms with E-state index in [0.29, 0.717) is 22.2 Å². The molecule has 0 aliphatic heterocycles. The number of aromatic nitrogens is 5. The number of para-hydroxylation sites is 1. The van der Waals surface area contributed by atoms with Gasteiger partial charge in [-0.15, -0.1) is 10.2 Å². The van der Waals surface area contributed by atoms with Gasteiger partial charge in [-0.05, 0) is 36.4 Å². The number of benzene rings is 3. The summed E-state index contributed by atoms with van der Waals surface area (Å²) in [6, 6.07) is 23.0. The zero-order valence-corrected chi connectivity index (χ0v) is 19.1. The quantitative estimate of drug-likeness (QED) is 0.342. The number of hydrogen-bond donors (Lipinski definition) is 1. The molecule has 8 nitrogen and oxygen atoms in total. The van der Waals surface area contributed by atoms with Crippen LogP contribution in [0.2, 0.25) is 0 Å². The summed E-state index contributed by atoms with van der Waals surface area (Å²) in [6.07, 6.45) is 0. The molecule has 0 bridgehead atoms. The van der Waals surface area contributed by atoms with Crippen LogP contribution in [0.5, 0.6) is 5.75 Å². The van der Waals surface area contributed by atoms with Crippen LogP contribution in [0.4, 0.5) is 5.69 Å². The molecular formula is C23H18N6O2S2. The Labute approximate surface area is 198 Å². The topological polar surface area (TPSA) is 94.8 Å². The minimum absolute atomic E-state index is 0.161. The SMILES string of the molecule is COc1cccc(-c2nnc(SCC(=O)Nc3cccc4nsnc34)n2-c2ccccc2)c1. The molecule has 0 saturated heterocycles. The molecule has 2 aromatic heterocycles. The molecule has 10 heteroatoms. The molecule has 5 aromatic rings. The fraction of sp³-hybridized carbons (Fsp3) is 0.0870. The van der Waals surface area contributed by atoms with Gasteiger partial charge in [-0.2, -0.15) is 8.75 Å². The lowest BCUT2D eigenvalue weighted by molar-refractivity contribution is -0.113. The second-order valence-electron chi connectivity index (χ2n) is 6.98. The molecule has 0 saturated carbocycles. The number of thioether (sulfide) groups is 1. The summed E-state index contributed by atoms with van der Waals surface area (Å²) in [5, 5.41) is 12.3. The second-order valence-corrected chi connectivity index (χ2v) is 8.45. The number of carbonyl (C=O) groups is 1. The minimum Gasteiger partial charge on any atom is -0.497 e. The first-order chi connectivity index (χ1) is 16.2. The number of fused-ring (bicyclic) bond motifs is 1. The van der Waals surface area contributed by atoms with Gasteiger partial charge in [0.25, 0.3) is 0 Å². The first-order valence-electron chi connectivity index (χ1n) is 10.0. The van der Waals surface area contributed by atoms with E-state index < -0.39 is 0 Å². The normalized spacial score (nSPS) is 10.9. The van der Waals surface area contributed by atoms with Crippen molar-refractivity contribution in [1.29, 1.82) is 0 Å². The Kier molecular flexibility index (Phi) is 6.01. The summed E-state index contributed by atoms with van der Waals surface area (Å²) in [5.74, 6) is 1.40. The highest BCUT2D eigenvalue weighted by Crippen LogP contribution is 2.30. The van der Waals surface area contributed by atoms with Gasteiger partial charge < -0.3 is 10.1 Å². The molecule has 0 radical (unpaired) electrons. The van der Waals surface area contributed by atoms with E-state index in [1.807, 2.05) is 77.4 Å². The smallest absolute Gasteiger partial charge is 0.234 e. The lowest BCUT2D eigenvalue weighted by Crippen LogP contribution is -2.15. The van der Waals surface area contributed by atoms with Gasteiger partial charge >= 0.3 is 0 Å². The largest absolute Gasteiger partial charge is 0.497 e. The van der Waals surface area contributed by atoms with Crippen LogP contribution in [0.3, 0.4) is 0 Å². The third-order valence-corrected chi connectivity index (χ3v) is 6.34. The van der Waals surface area contributed by atoms with Gasteiger partial charge in [0.2, 0.25) is 5.91 Å². The van der Waals surface area contributed by atoms with Crippen molar-refractivity contribution in [2.24, 2.45) is 0 Å². The number of nitrogens with one attached hydrogen (secondary N) is 1. The molecule has 3 aromatic carbocycles. The van der Waals surface area contributed by atoms with Crippen LogP contribution in [0, 0.1) is 0 Å². The van der Waals surface area contributed by atoms with Crippen molar-refractivity contribution in [2.45, 2.75) is 5.16 Å². The van der Waals surface area contributed by atoms with Crippen molar-refractivity contribution < 1.29 is 9.53 Å². The summed E-state index contributed by atoms with van der Waals surface area (Å²) in [6.45, 7) is 0. The second kappa shape index (κ2) is 9.39. The van der Waals surface area contributed by atoms with Crippen molar-refractivity contribution in [3.05, 3.63) is 72.8 Å². The summed E-state index contributed by atoms with van der Waals surface area (Å²) < 4.78 is 15.8. The Morgan fingerprint density at radius 1 is 1.03 bits per heavy atom. The Balaban J connectivity index is 1.41. The molecule has 5 rings (SSSR count). The maximum absolute atomic E-state index is 12.7. The summed E-state index contributed by atoms with van der Waals surface area (Å²) in [5.41, 5.74) is 3.87. The van der Waals surface area contributed by atoms with Crippen molar-refractivity contribution in [3.63, 3.8) is 0 Å². The van der Waals surface area contributed by atoms with Gasteiger partial charge in [0, 0.05) is 11.3 Å². The molecule has 0 aliphatic rings. The van der Waals surface area contributed by atoms with Crippen molar-refractivity contribution >= 4 is 46.1 Å². The number of hydrogen-bond acceptors (Lipinski definition) is 8. The minimum atomic E-state index is -0.161. The summed E-state index contributed by atoms with van der Waals surface area (Å²) in [4.78, 5) is 12.7. The Morgan fingerprint density at radius 2 is 1.88 bits per heavy atom. The fourth-order valence-electron chi connectivity index (χ4n) is 3.35. The molecular weight excluding hydrogens is 456 g/mol. The van der Waals surface area contributed by atoms with Gasteiger partial charge in [0.05, 0.1) is 30.3 Å². The van der Waals surface area contributed by atoms with E-state index >= 15 is 0 Å². The van der Waals surface area contributed by atoms with E-state index in [1.54, 1.807) is 7.11 Å². The Bertz CT molecular complexity index is 1420. The van der Waals surface area contributed by atoms with Gasteiger partial charge in [-0.3, -0.25) is 9.36 Å². The number of anilines is 1. The number of nitrogens with zero attached hydrogens (tertiary/aromatic N) is 5. The number of ether oxygens (including phenoxy) is 1. The van der Waals surface area contributed by atoms with Gasteiger partial charge in [0.15, 0.2) is 11.0 Å². The molecule has 0 aliphatic carbocycles. The standard InChI is InChI=1S/C23H18N6O2S2/c1-31-17-10-5-7-15(13-17)22-25-26-23(29(22)16-8-3-2-4-9-16)32-14-20(30)24-18-11-6-12-19-21(18)28-33-27-19/h2-13H,14H2,1H3,(H,24,30). The van der Waals surface area contributed by atoms with E-state index in [4.69, 9.17) is 4.74 Å². The van der Waals surface area contributed by atoms with Gasteiger partial charge in [-0.25, -0.2) is 0 Å². The lowest BCUT2D eigenvalue weighted by Gasteiger charge is -2.11.